The summed E-state index contributed by atoms with van der Waals surface area (Å²) in [6.07, 6.45) is 0. The maximum atomic E-state index is 4.12. The minimum Gasteiger partial charge on any atom is -0.359 e. The molecule has 0 aromatic carbocycles. The number of likely N-dealkylation sites (N-methyl/N-ethyl adjacent to an activating group) is 1. The Hall–Kier alpha value is -0.0800. The molecule has 1 aliphatic rings. The Balaban J connectivity index is 0.00000324. The molecule has 114 valence electrons. The van der Waals surface area contributed by atoms with Gasteiger partial charge in [-0.25, -0.2) is 0 Å². The van der Waals surface area contributed by atoms with E-state index in [0.29, 0.717) is 5.92 Å². The standard InChI is InChI=1S/C13H29N5.HI/c1-5-17-6-8-18(9-7-17)11-12(2)10-16-13(14-3)15-4;/h12H,5-11H2,1-4H3,(H2,14,15,16);1H. The van der Waals surface area contributed by atoms with Crippen LogP contribution in [0.5, 0.6) is 0 Å². The molecule has 1 atom stereocenters. The molecule has 0 aliphatic carbocycles. The smallest absolute Gasteiger partial charge is 0.190 e. The molecule has 0 radical (unpaired) electrons. The highest BCUT2D eigenvalue weighted by Crippen LogP contribution is 2.04. The van der Waals surface area contributed by atoms with E-state index < -0.39 is 0 Å². The summed E-state index contributed by atoms with van der Waals surface area (Å²) in [5.41, 5.74) is 0. The van der Waals surface area contributed by atoms with Crippen molar-refractivity contribution in [1.29, 1.82) is 0 Å². The van der Waals surface area contributed by atoms with E-state index in [-0.39, 0.29) is 24.0 Å². The summed E-state index contributed by atoms with van der Waals surface area (Å²) in [5.74, 6) is 1.51. The number of rotatable bonds is 5. The third-order valence-electron chi connectivity index (χ3n) is 3.56. The van der Waals surface area contributed by atoms with Gasteiger partial charge in [0.1, 0.15) is 0 Å². The highest BCUT2D eigenvalue weighted by molar-refractivity contribution is 14.0. The molecule has 19 heavy (non-hydrogen) atoms. The number of nitrogens with zero attached hydrogens (tertiary/aromatic N) is 3. The lowest BCUT2D eigenvalue weighted by molar-refractivity contribution is 0.124. The van der Waals surface area contributed by atoms with E-state index in [1.165, 1.54) is 39.3 Å². The minimum atomic E-state index is 0. The Labute approximate surface area is 135 Å². The van der Waals surface area contributed by atoms with Crippen molar-refractivity contribution in [2.24, 2.45) is 10.9 Å². The number of aliphatic imine (C=N–C) groups is 1. The van der Waals surface area contributed by atoms with Crippen molar-refractivity contribution in [3.63, 3.8) is 0 Å². The molecule has 1 aliphatic heterocycles. The quantitative estimate of drug-likeness (QED) is 0.416. The maximum Gasteiger partial charge on any atom is 0.190 e. The Morgan fingerprint density at radius 1 is 1.21 bits per heavy atom. The molecule has 0 aromatic rings. The van der Waals surface area contributed by atoms with Gasteiger partial charge in [0.25, 0.3) is 0 Å². The molecule has 1 rings (SSSR count). The third kappa shape index (κ3) is 7.31. The first-order chi connectivity index (χ1) is 8.69. The normalized spacial score (nSPS) is 19.7. The van der Waals surface area contributed by atoms with Crippen LogP contribution in [0.4, 0.5) is 0 Å². The predicted molar refractivity (Wildman–Crippen MR) is 93.6 cm³/mol. The lowest BCUT2D eigenvalue weighted by atomic mass is 10.1. The second-order valence-corrected chi connectivity index (χ2v) is 5.04. The molecule has 1 fully saturated rings. The van der Waals surface area contributed by atoms with Crippen LogP contribution in [0.2, 0.25) is 0 Å². The van der Waals surface area contributed by atoms with Gasteiger partial charge in [0.2, 0.25) is 0 Å². The van der Waals surface area contributed by atoms with Crippen molar-refractivity contribution >= 4 is 29.9 Å². The molecule has 0 saturated carbocycles. The topological polar surface area (TPSA) is 42.9 Å². The predicted octanol–water partition coefficient (Wildman–Crippen LogP) is 0.673. The van der Waals surface area contributed by atoms with E-state index in [4.69, 9.17) is 0 Å². The molecule has 6 heteroatoms. The lowest BCUT2D eigenvalue weighted by Gasteiger charge is -2.35. The van der Waals surface area contributed by atoms with Gasteiger partial charge in [0, 0.05) is 53.4 Å². The van der Waals surface area contributed by atoms with Gasteiger partial charge >= 0.3 is 0 Å². The van der Waals surface area contributed by atoms with Gasteiger partial charge in [-0.1, -0.05) is 13.8 Å². The molecule has 0 amide bonds. The SMILES string of the molecule is CCN1CCN(CC(C)CNC(=NC)NC)CC1.I. The first-order valence-corrected chi connectivity index (χ1v) is 7.02. The van der Waals surface area contributed by atoms with Gasteiger partial charge < -0.3 is 20.4 Å². The fourth-order valence-electron chi connectivity index (χ4n) is 2.34. The number of hydrogen-bond acceptors (Lipinski definition) is 3. The Morgan fingerprint density at radius 2 is 1.79 bits per heavy atom. The summed E-state index contributed by atoms with van der Waals surface area (Å²) in [5, 5.41) is 6.37. The summed E-state index contributed by atoms with van der Waals surface area (Å²) in [4.78, 5) is 9.21. The maximum absolute atomic E-state index is 4.12. The van der Waals surface area contributed by atoms with E-state index in [9.17, 15) is 0 Å². The molecule has 0 spiro atoms. The monoisotopic (exact) mass is 383 g/mol. The van der Waals surface area contributed by atoms with Crippen LogP contribution in [0, 0.1) is 5.92 Å². The average Bonchev–Trinajstić information content (AvgIpc) is 2.41. The van der Waals surface area contributed by atoms with Gasteiger partial charge in [-0.15, -0.1) is 24.0 Å². The van der Waals surface area contributed by atoms with Crippen LogP contribution >= 0.6 is 24.0 Å². The van der Waals surface area contributed by atoms with Crippen molar-refractivity contribution in [3.05, 3.63) is 0 Å². The van der Waals surface area contributed by atoms with Gasteiger partial charge in [-0.3, -0.25) is 4.99 Å². The second-order valence-electron chi connectivity index (χ2n) is 5.04. The van der Waals surface area contributed by atoms with Crippen LogP contribution in [0.25, 0.3) is 0 Å². The molecule has 0 bridgehead atoms. The van der Waals surface area contributed by atoms with Crippen molar-refractivity contribution in [2.45, 2.75) is 13.8 Å². The van der Waals surface area contributed by atoms with Gasteiger partial charge in [0.15, 0.2) is 5.96 Å². The highest BCUT2D eigenvalue weighted by Gasteiger charge is 2.17. The molecular weight excluding hydrogens is 353 g/mol. The van der Waals surface area contributed by atoms with Crippen molar-refractivity contribution < 1.29 is 0 Å². The summed E-state index contributed by atoms with van der Waals surface area (Å²) < 4.78 is 0. The van der Waals surface area contributed by atoms with E-state index in [1.807, 2.05) is 7.05 Å². The lowest BCUT2D eigenvalue weighted by Crippen LogP contribution is -2.48. The molecule has 1 unspecified atom stereocenters. The summed E-state index contributed by atoms with van der Waals surface area (Å²) >= 11 is 0. The zero-order valence-electron chi connectivity index (χ0n) is 12.8. The molecular formula is C13H30IN5. The molecule has 5 nitrogen and oxygen atoms in total. The molecule has 1 saturated heterocycles. The first-order valence-electron chi connectivity index (χ1n) is 7.02. The zero-order chi connectivity index (χ0) is 13.4. The van der Waals surface area contributed by atoms with Crippen molar-refractivity contribution in [1.82, 2.24) is 20.4 Å². The number of hydrogen-bond donors (Lipinski definition) is 2. The van der Waals surface area contributed by atoms with Gasteiger partial charge in [-0.2, -0.15) is 0 Å². The summed E-state index contributed by atoms with van der Waals surface area (Å²) in [7, 11) is 3.69. The van der Waals surface area contributed by atoms with Crippen LogP contribution in [-0.4, -0.2) is 75.7 Å². The molecule has 0 aromatic heterocycles. The Morgan fingerprint density at radius 3 is 2.26 bits per heavy atom. The molecule has 1 heterocycles. The first kappa shape index (κ1) is 18.9. The van der Waals surface area contributed by atoms with Crippen LogP contribution in [0.3, 0.4) is 0 Å². The second kappa shape index (κ2) is 10.7. The summed E-state index contributed by atoms with van der Waals surface area (Å²) in [6.45, 7) is 12.7. The highest BCUT2D eigenvalue weighted by atomic mass is 127. The van der Waals surface area contributed by atoms with E-state index >= 15 is 0 Å². The van der Waals surface area contributed by atoms with Crippen LogP contribution in [0.15, 0.2) is 4.99 Å². The van der Waals surface area contributed by atoms with Crippen molar-refractivity contribution in [2.75, 3.05) is 59.9 Å². The van der Waals surface area contributed by atoms with E-state index in [2.05, 4.69) is 39.3 Å². The largest absolute Gasteiger partial charge is 0.359 e. The fraction of sp³-hybridized carbons (Fsp3) is 0.923. The average molecular weight is 383 g/mol. The fourth-order valence-corrected chi connectivity index (χ4v) is 2.34. The number of nitrogens with one attached hydrogen (secondary N) is 2. The van der Waals surface area contributed by atoms with Gasteiger partial charge in [0.05, 0.1) is 0 Å². The van der Waals surface area contributed by atoms with Crippen molar-refractivity contribution in [3.8, 4) is 0 Å². The number of guanidine groups is 1. The minimum absolute atomic E-state index is 0. The zero-order valence-corrected chi connectivity index (χ0v) is 15.1. The van der Waals surface area contributed by atoms with Crippen LogP contribution < -0.4 is 10.6 Å². The third-order valence-corrected chi connectivity index (χ3v) is 3.56. The number of halogens is 1. The Kier molecular flexibility index (Phi) is 10.6. The van der Waals surface area contributed by atoms with E-state index in [0.717, 1.165) is 12.5 Å². The van der Waals surface area contributed by atoms with Crippen LogP contribution in [0.1, 0.15) is 13.8 Å². The molecule has 2 N–H and O–H groups in total. The van der Waals surface area contributed by atoms with Gasteiger partial charge in [-0.05, 0) is 12.5 Å². The van der Waals surface area contributed by atoms with Crippen LogP contribution in [-0.2, 0) is 0 Å². The number of piperazine rings is 1. The van der Waals surface area contributed by atoms with E-state index in [1.54, 1.807) is 7.05 Å². The Bertz CT molecular complexity index is 251. The summed E-state index contributed by atoms with van der Waals surface area (Å²) in [6, 6.07) is 0.